The second-order valence-electron chi connectivity index (χ2n) is 7.15. The monoisotopic (exact) mass is 436 g/mol. The zero-order valence-electron chi connectivity index (χ0n) is 18.4. The lowest BCUT2D eigenvalue weighted by Crippen LogP contribution is -2.48. The molecular weight excluding hydrogens is 408 g/mol. The quantitative estimate of drug-likeness (QED) is 0.512. The first-order valence-corrected chi connectivity index (χ1v) is 11.3. The summed E-state index contributed by atoms with van der Waals surface area (Å²) in [6.07, 6.45) is 3.28. The van der Waals surface area contributed by atoms with Gasteiger partial charge in [0, 0.05) is 42.4 Å². The van der Waals surface area contributed by atoms with E-state index >= 15 is 0 Å². The molecule has 1 aromatic heterocycles. The third-order valence-electron chi connectivity index (χ3n) is 4.82. The number of nitrogens with zero attached hydrogens (tertiary/aromatic N) is 4. The summed E-state index contributed by atoms with van der Waals surface area (Å²) in [7, 11) is 0. The Morgan fingerprint density at radius 3 is 2.52 bits per heavy atom. The lowest BCUT2D eigenvalue weighted by molar-refractivity contribution is -0.0339. The summed E-state index contributed by atoms with van der Waals surface area (Å²) in [6.45, 7) is 10.1. The second kappa shape index (κ2) is 11.1. The van der Waals surface area contributed by atoms with Crippen LogP contribution in [0.25, 0.3) is 11.0 Å². The van der Waals surface area contributed by atoms with E-state index in [2.05, 4.69) is 59.1 Å². The summed E-state index contributed by atoms with van der Waals surface area (Å²) in [4.78, 5) is 12.2. The first kappa shape index (κ1) is 23.0. The smallest absolute Gasteiger partial charge is 0.113 e. The summed E-state index contributed by atoms with van der Waals surface area (Å²) in [5.74, 6) is 0. The van der Waals surface area contributed by atoms with Gasteiger partial charge in [0.15, 0.2) is 0 Å². The third kappa shape index (κ3) is 5.73. The van der Waals surface area contributed by atoms with Gasteiger partial charge in [-0.1, -0.05) is 31.5 Å². The number of aromatic nitrogens is 2. The van der Waals surface area contributed by atoms with Crippen molar-refractivity contribution in [1.82, 2.24) is 9.97 Å². The number of hydrogen-bond donors (Lipinski definition) is 0. The van der Waals surface area contributed by atoms with Crippen LogP contribution in [0.3, 0.4) is 0 Å². The number of morpholine rings is 1. The molecule has 1 fully saturated rings. The van der Waals surface area contributed by atoms with Crippen LogP contribution in [-0.2, 0) is 8.92 Å². The molecule has 1 saturated heterocycles. The van der Waals surface area contributed by atoms with Gasteiger partial charge in [0.2, 0.25) is 0 Å². The van der Waals surface area contributed by atoms with E-state index in [4.69, 9.17) is 8.92 Å². The fourth-order valence-corrected chi connectivity index (χ4v) is 4.10. The molecular formula is C24H28N4O2S. The van der Waals surface area contributed by atoms with Crippen LogP contribution in [0.5, 0.6) is 0 Å². The Hall–Kier alpha value is -2.66. The van der Waals surface area contributed by atoms with E-state index in [-0.39, 0.29) is 12.2 Å². The van der Waals surface area contributed by atoms with Crippen LogP contribution < -0.4 is 4.90 Å². The summed E-state index contributed by atoms with van der Waals surface area (Å²) >= 11 is 1.37. The predicted octanol–water partition coefficient (Wildman–Crippen LogP) is 5.15. The molecule has 2 heterocycles. The summed E-state index contributed by atoms with van der Waals surface area (Å²) in [5.41, 5.74) is 4.11. The van der Waals surface area contributed by atoms with Crippen LogP contribution in [-0.4, -0.2) is 41.9 Å². The van der Waals surface area contributed by atoms with E-state index in [0.717, 1.165) is 22.6 Å². The SMILES string of the molecule is CC.Cc1ccc(SOC[C@H]2CN(c3ccc(C#N)c4nccnc34)C[C@H](C)O2)cc1. The van der Waals surface area contributed by atoms with E-state index in [0.29, 0.717) is 24.2 Å². The number of rotatable bonds is 5. The summed E-state index contributed by atoms with van der Waals surface area (Å²) in [6, 6.07) is 14.2. The van der Waals surface area contributed by atoms with Crippen molar-refractivity contribution >= 4 is 28.8 Å². The van der Waals surface area contributed by atoms with Crippen LogP contribution in [0.2, 0.25) is 0 Å². The minimum absolute atomic E-state index is 0.0564. The van der Waals surface area contributed by atoms with Crippen molar-refractivity contribution in [1.29, 1.82) is 5.26 Å². The Labute approximate surface area is 188 Å². The highest BCUT2D eigenvalue weighted by Gasteiger charge is 2.27. The average molecular weight is 437 g/mol. The van der Waals surface area contributed by atoms with Gasteiger partial charge in [0.05, 0.1) is 30.1 Å². The van der Waals surface area contributed by atoms with E-state index in [9.17, 15) is 5.26 Å². The van der Waals surface area contributed by atoms with Crippen molar-refractivity contribution in [3.63, 3.8) is 0 Å². The molecule has 7 heteroatoms. The lowest BCUT2D eigenvalue weighted by atomic mass is 10.1. The van der Waals surface area contributed by atoms with Crippen molar-refractivity contribution in [2.45, 2.75) is 44.8 Å². The first-order valence-electron chi connectivity index (χ1n) is 10.5. The first-order chi connectivity index (χ1) is 15.1. The molecule has 0 unspecified atom stereocenters. The molecule has 6 nitrogen and oxygen atoms in total. The normalized spacial score (nSPS) is 18.2. The van der Waals surface area contributed by atoms with Gasteiger partial charge in [-0.05, 0) is 38.1 Å². The van der Waals surface area contributed by atoms with Gasteiger partial charge in [-0.15, -0.1) is 0 Å². The molecule has 4 rings (SSSR count). The molecule has 2 aromatic carbocycles. The van der Waals surface area contributed by atoms with E-state index in [1.165, 1.54) is 17.6 Å². The van der Waals surface area contributed by atoms with Gasteiger partial charge < -0.3 is 13.8 Å². The number of fused-ring (bicyclic) bond motifs is 1. The van der Waals surface area contributed by atoms with E-state index < -0.39 is 0 Å². The van der Waals surface area contributed by atoms with Gasteiger partial charge in [-0.2, -0.15) is 5.26 Å². The Morgan fingerprint density at radius 1 is 1.10 bits per heavy atom. The topological polar surface area (TPSA) is 71.3 Å². The van der Waals surface area contributed by atoms with Crippen molar-refractivity contribution in [2.24, 2.45) is 0 Å². The van der Waals surface area contributed by atoms with Gasteiger partial charge in [-0.3, -0.25) is 9.97 Å². The average Bonchev–Trinajstić information content (AvgIpc) is 2.80. The number of ether oxygens (including phenoxy) is 1. The number of benzene rings is 2. The molecule has 162 valence electrons. The highest BCUT2D eigenvalue weighted by Crippen LogP contribution is 2.29. The molecule has 0 aliphatic carbocycles. The number of hydrogen-bond acceptors (Lipinski definition) is 7. The molecule has 31 heavy (non-hydrogen) atoms. The van der Waals surface area contributed by atoms with Crippen LogP contribution in [0.1, 0.15) is 31.9 Å². The van der Waals surface area contributed by atoms with Crippen molar-refractivity contribution < 1.29 is 8.92 Å². The third-order valence-corrected chi connectivity index (χ3v) is 5.54. The summed E-state index contributed by atoms with van der Waals surface area (Å²) < 4.78 is 11.9. The van der Waals surface area contributed by atoms with Crippen molar-refractivity contribution in [3.05, 3.63) is 59.9 Å². The Balaban J connectivity index is 0.00000132. The Kier molecular flexibility index (Phi) is 8.24. The van der Waals surface area contributed by atoms with Crippen LogP contribution >= 0.6 is 12.0 Å². The van der Waals surface area contributed by atoms with E-state index in [1.54, 1.807) is 12.4 Å². The molecule has 3 aromatic rings. The molecule has 1 aliphatic heterocycles. The maximum absolute atomic E-state index is 9.36. The Morgan fingerprint density at radius 2 is 1.81 bits per heavy atom. The zero-order chi connectivity index (χ0) is 22.2. The van der Waals surface area contributed by atoms with Crippen LogP contribution in [0.15, 0.2) is 53.7 Å². The molecule has 0 saturated carbocycles. The molecule has 0 radical (unpaired) electrons. The highest BCUT2D eigenvalue weighted by molar-refractivity contribution is 7.94. The molecule has 2 atom stereocenters. The van der Waals surface area contributed by atoms with Gasteiger partial charge in [0.25, 0.3) is 0 Å². The highest BCUT2D eigenvalue weighted by atomic mass is 32.2. The molecule has 0 bridgehead atoms. The predicted molar refractivity (Wildman–Crippen MR) is 125 cm³/mol. The van der Waals surface area contributed by atoms with Gasteiger partial charge >= 0.3 is 0 Å². The largest absolute Gasteiger partial charge is 0.369 e. The number of anilines is 1. The standard InChI is InChI=1S/C22H22N4O2S.C2H6/c1-15-3-6-19(7-4-15)29-27-14-18-13-26(12-16(2)28-18)20-8-5-17(11-23)21-22(20)25-10-9-24-21;1-2/h3-10,16,18H,12-14H2,1-2H3;1-2H3/t16-,18+;/m0./s1. The summed E-state index contributed by atoms with van der Waals surface area (Å²) in [5, 5.41) is 9.36. The minimum atomic E-state index is -0.0564. The van der Waals surface area contributed by atoms with Gasteiger partial charge in [0.1, 0.15) is 17.1 Å². The molecule has 0 spiro atoms. The fraction of sp³-hybridized carbons (Fsp3) is 0.375. The Bertz CT molecular complexity index is 1040. The fourth-order valence-electron chi connectivity index (χ4n) is 3.49. The molecule has 0 N–H and O–H groups in total. The number of nitriles is 1. The maximum Gasteiger partial charge on any atom is 0.113 e. The van der Waals surface area contributed by atoms with Crippen LogP contribution in [0, 0.1) is 18.3 Å². The van der Waals surface area contributed by atoms with E-state index in [1.807, 2.05) is 26.0 Å². The van der Waals surface area contributed by atoms with Crippen LogP contribution in [0.4, 0.5) is 5.69 Å². The lowest BCUT2D eigenvalue weighted by Gasteiger charge is -2.38. The van der Waals surface area contributed by atoms with Gasteiger partial charge in [-0.25, -0.2) is 0 Å². The maximum atomic E-state index is 9.36. The molecule has 0 amide bonds. The van der Waals surface area contributed by atoms with Crippen molar-refractivity contribution in [2.75, 3.05) is 24.6 Å². The second-order valence-corrected chi connectivity index (χ2v) is 8.03. The minimum Gasteiger partial charge on any atom is -0.369 e. The number of aryl methyl sites for hydroxylation is 1. The van der Waals surface area contributed by atoms with Crippen molar-refractivity contribution in [3.8, 4) is 6.07 Å². The zero-order valence-corrected chi connectivity index (χ0v) is 19.2. The molecule has 1 aliphatic rings.